The van der Waals surface area contributed by atoms with Crippen LogP contribution in [0.25, 0.3) is 10.8 Å². The van der Waals surface area contributed by atoms with Gasteiger partial charge in [0.05, 0.1) is 12.4 Å². The Labute approximate surface area is 69.1 Å². The summed E-state index contributed by atoms with van der Waals surface area (Å²) in [6.07, 6.45) is 3.51. The third kappa shape index (κ3) is 1.05. The highest BCUT2D eigenvalue weighted by Gasteiger charge is 1.95. The molecule has 12 heavy (non-hydrogen) atoms. The summed E-state index contributed by atoms with van der Waals surface area (Å²) < 4.78 is 1.39. The Morgan fingerprint density at radius 3 is 2.25 bits per heavy atom. The fourth-order valence-corrected chi connectivity index (χ4v) is 1.17. The average molecular weight is 161 g/mol. The molecule has 2 rings (SSSR count). The largest absolute Gasteiger partial charge is 0.340 e. The van der Waals surface area contributed by atoms with E-state index in [1.807, 2.05) is 24.3 Å². The van der Waals surface area contributed by atoms with E-state index in [1.54, 1.807) is 12.4 Å². The molecule has 3 heteroatoms. The van der Waals surface area contributed by atoms with E-state index < -0.39 is 0 Å². The van der Waals surface area contributed by atoms with Crippen LogP contribution in [0.2, 0.25) is 0 Å². The molecule has 0 bridgehead atoms. The van der Waals surface area contributed by atoms with Gasteiger partial charge in [0.1, 0.15) is 0 Å². The Morgan fingerprint density at radius 2 is 1.75 bits per heavy atom. The zero-order chi connectivity index (χ0) is 8.39. The first kappa shape index (κ1) is 6.91. The maximum atomic E-state index is 10.0. The molecule has 0 fully saturated rings. The molecule has 1 heterocycles. The Hall–Kier alpha value is -1.77. The zero-order valence-electron chi connectivity index (χ0n) is 6.31. The van der Waals surface area contributed by atoms with Crippen molar-refractivity contribution in [2.24, 2.45) is 0 Å². The van der Waals surface area contributed by atoms with Gasteiger partial charge in [0.25, 0.3) is 0 Å². The van der Waals surface area contributed by atoms with Gasteiger partial charge in [-0.1, -0.05) is 24.3 Å². The molecule has 0 unspecified atom stereocenters. The summed E-state index contributed by atoms with van der Waals surface area (Å²) in [7, 11) is 0. The van der Waals surface area contributed by atoms with Crippen LogP contribution in [-0.2, 0) is 4.79 Å². The normalized spacial score (nSPS) is 10.0. The van der Waals surface area contributed by atoms with Crippen LogP contribution in [0, 0.1) is 0 Å². The van der Waals surface area contributed by atoms with Crippen LogP contribution in [-0.4, -0.2) is 11.2 Å². The lowest BCUT2D eigenvalue weighted by molar-refractivity contribution is -0.129. The fourth-order valence-electron chi connectivity index (χ4n) is 1.17. The van der Waals surface area contributed by atoms with Gasteiger partial charge in [0.15, 0.2) is 0 Å². The summed E-state index contributed by atoms with van der Waals surface area (Å²) in [6, 6.07) is 7.79. The minimum atomic E-state index is 0.402. The number of hydrogen-bond acceptors (Lipinski definition) is 2. The second-order valence-corrected chi connectivity index (χ2v) is 2.45. The van der Waals surface area contributed by atoms with Crippen molar-refractivity contribution in [3.05, 3.63) is 36.7 Å². The van der Waals surface area contributed by atoms with Gasteiger partial charge in [0, 0.05) is 10.8 Å². The number of aromatic nitrogens is 1. The molecule has 0 aliphatic carbocycles. The predicted octanol–water partition coefficient (Wildman–Crippen LogP) is 1.23. The van der Waals surface area contributed by atoms with Gasteiger partial charge >= 0.3 is 6.47 Å². The van der Waals surface area contributed by atoms with E-state index in [0.717, 1.165) is 10.8 Å². The van der Waals surface area contributed by atoms with Gasteiger partial charge in [-0.15, -0.1) is 0 Å². The highest BCUT2D eigenvalue weighted by atomic mass is 16.7. The van der Waals surface area contributed by atoms with Gasteiger partial charge in [-0.05, 0) is 0 Å². The summed E-state index contributed by atoms with van der Waals surface area (Å²) in [4.78, 5) is 14.6. The highest BCUT2D eigenvalue weighted by Crippen LogP contribution is 2.12. The van der Waals surface area contributed by atoms with Crippen molar-refractivity contribution in [3.8, 4) is 0 Å². The van der Waals surface area contributed by atoms with Crippen LogP contribution in [0.3, 0.4) is 0 Å². The molecule has 3 nitrogen and oxygen atoms in total. The van der Waals surface area contributed by atoms with Gasteiger partial charge in [-0.25, -0.2) is 0 Å². The summed E-state index contributed by atoms with van der Waals surface area (Å²) in [5, 5.41) is 2.11. The first-order valence-corrected chi connectivity index (χ1v) is 3.58. The molecular formula is C9H7NO2. The van der Waals surface area contributed by atoms with E-state index in [-0.39, 0.29) is 0 Å². The highest BCUT2D eigenvalue weighted by molar-refractivity contribution is 5.81. The molecule has 0 atom stereocenters. The predicted molar refractivity (Wildman–Crippen MR) is 44.6 cm³/mol. The smallest absolute Gasteiger partial charge is 0.321 e. The van der Waals surface area contributed by atoms with Crippen molar-refractivity contribution >= 4 is 17.2 Å². The lowest BCUT2D eigenvalue weighted by Crippen LogP contribution is -2.04. The van der Waals surface area contributed by atoms with Gasteiger partial charge in [-0.2, -0.15) is 4.73 Å². The standard InChI is InChI=1S/C9H7NO2/c11-7-12-10-5-8-3-1-2-4-9(8)6-10/h1-7H. The molecular weight excluding hydrogens is 154 g/mol. The van der Waals surface area contributed by atoms with E-state index in [1.165, 1.54) is 4.73 Å². The van der Waals surface area contributed by atoms with E-state index in [2.05, 4.69) is 4.84 Å². The fraction of sp³-hybridized carbons (Fsp3) is 0. The number of nitrogens with zero attached hydrogens (tertiary/aromatic N) is 1. The van der Waals surface area contributed by atoms with Crippen molar-refractivity contribution in [1.82, 2.24) is 4.73 Å². The summed E-state index contributed by atoms with van der Waals surface area (Å²) in [5.41, 5.74) is 0. The van der Waals surface area contributed by atoms with Crippen molar-refractivity contribution in [3.63, 3.8) is 0 Å². The number of carbonyl (C=O) groups excluding carboxylic acids is 1. The Kier molecular flexibility index (Phi) is 1.55. The van der Waals surface area contributed by atoms with Gasteiger partial charge < -0.3 is 4.84 Å². The van der Waals surface area contributed by atoms with Crippen LogP contribution in [0.15, 0.2) is 36.7 Å². The zero-order valence-corrected chi connectivity index (χ0v) is 6.31. The molecule has 0 saturated heterocycles. The minimum absolute atomic E-state index is 0.402. The van der Waals surface area contributed by atoms with Crippen molar-refractivity contribution in [2.75, 3.05) is 0 Å². The Balaban J connectivity index is 2.54. The van der Waals surface area contributed by atoms with Crippen molar-refractivity contribution in [1.29, 1.82) is 0 Å². The topological polar surface area (TPSA) is 31.2 Å². The summed E-state index contributed by atoms with van der Waals surface area (Å²) in [6.45, 7) is 0.402. The quantitative estimate of drug-likeness (QED) is 0.620. The molecule has 0 aliphatic rings. The first-order chi connectivity index (χ1) is 5.90. The number of fused-ring (bicyclic) bond motifs is 1. The SMILES string of the molecule is O=COn1cc2ccccc2c1. The minimum Gasteiger partial charge on any atom is -0.340 e. The van der Waals surface area contributed by atoms with Crippen LogP contribution in [0.4, 0.5) is 0 Å². The number of benzene rings is 1. The molecule has 0 spiro atoms. The molecule has 0 N–H and O–H groups in total. The first-order valence-electron chi connectivity index (χ1n) is 3.58. The maximum Gasteiger partial charge on any atom is 0.321 e. The summed E-state index contributed by atoms with van der Waals surface area (Å²) >= 11 is 0. The Bertz CT molecular complexity index is 373. The molecule has 2 aromatic rings. The molecule has 0 saturated carbocycles. The van der Waals surface area contributed by atoms with Crippen LogP contribution in [0.5, 0.6) is 0 Å². The molecule has 0 aliphatic heterocycles. The van der Waals surface area contributed by atoms with Gasteiger partial charge in [-0.3, -0.25) is 4.79 Å². The lowest BCUT2D eigenvalue weighted by atomic mass is 10.2. The number of rotatable bonds is 2. The van der Waals surface area contributed by atoms with E-state index in [4.69, 9.17) is 0 Å². The second-order valence-electron chi connectivity index (χ2n) is 2.45. The number of carbonyl (C=O) groups is 1. The van der Waals surface area contributed by atoms with Crippen LogP contribution < -0.4 is 4.84 Å². The van der Waals surface area contributed by atoms with Crippen LogP contribution >= 0.6 is 0 Å². The van der Waals surface area contributed by atoms with Crippen molar-refractivity contribution in [2.45, 2.75) is 0 Å². The second kappa shape index (κ2) is 2.70. The van der Waals surface area contributed by atoms with E-state index >= 15 is 0 Å². The third-order valence-electron chi connectivity index (χ3n) is 1.69. The van der Waals surface area contributed by atoms with Crippen LogP contribution in [0.1, 0.15) is 0 Å². The molecule has 1 aromatic carbocycles. The Morgan fingerprint density at radius 1 is 1.17 bits per heavy atom. The van der Waals surface area contributed by atoms with E-state index in [0.29, 0.717) is 6.47 Å². The molecule has 1 aromatic heterocycles. The average Bonchev–Trinajstić information content (AvgIpc) is 2.47. The van der Waals surface area contributed by atoms with Gasteiger partial charge in [0.2, 0.25) is 0 Å². The molecule has 0 radical (unpaired) electrons. The summed E-state index contributed by atoms with van der Waals surface area (Å²) in [5.74, 6) is 0. The maximum absolute atomic E-state index is 10.0. The lowest BCUT2D eigenvalue weighted by Gasteiger charge is -1.92. The third-order valence-corrected chi connectivity index (χ3v) is 1.69. The van der Waals surface area contributed by atoms with Crippen molar-refractivity contribution < 1.29 is 9.63 Å². The van der Waals surface area contributed by atoms with E-state index in [9.17, 15) is 4.79 Å². The molecule has 0 amide bonds. The number of hydrogen-bond donors (Lipinski definition) is 0. The monoisotopic (exact) mass is 161 g/mol. The molecule has 60 valence electrons.